The number of aliphatic hydroxyl groups excluding tert-OH is 1. The van der Waals surface area contributed by atoms with Gasteiger partial charge in [-0.15, -0.1) is 0 Å². The Kier molecular flexibility index (Phi) is 2.88. The van der Waals surface area contributed by atoms with E-state index in [0.29, 0.717) is 5.69 Å². The molecular formula is C11H11BrN2O. The minimum Gasteiger partial charge on any atom is -0.390 e. The van der Waals surface area contributed by atoms with Crippen LogP contribution in [0.4, 0.5) is 0 Å². The van der Waals surface area contributed by atoms with Crippen LogP contribution in [0.2, 0.25) is 0 Å². The molecule has 0 radical (unpaired) electrons. The SMILES string of the molecule is Cc1c(Br)cccc1-n1ccc(CO)n1. The molecule has 4 heteroatoms. The zero-order valence-electron chi connectivity index (χ0n) is 8.31. The molecule has 0 atom stereocenters. The Morgan fingerprint density at radius 1 is 1.40 bits per heavy atom. The molecule has 0 fully saturated rings. The third kappa shape index (κ3) is 1.96. The molecule has 0 bridgehead atoms. The molecule has 1 N–H and O–H groups in total. The quantitative estimate of drug-likeness (QED) is 0.907. The van der Waals surface area contributed by atoms with Crippen molar-refractivity contribution in [3.63, 3.8) is 0 Å². The number of benzene rings is 1. The van der Waals surface area contributed by atoms with Gasteiger partial charge in [0.05, 0.1) is 18.0 Å². The van der Waals surface area contributed by atoms with Crippen LogP contribution in [0.3, 0.4) is 0 Å². The van der Waals surface area contributed by atoms with Crippen molar-refractivity contribution in [2.45, 2.75) is 13.5 Å². The predicted molar refractivity (Wildman–Crippen MR) is 61.9 cm³/mol. The summed E-state index contributed by atoms with van der Waals surface area (Å²) in [6, 6.07) is 7.76. The summed E-state index contributed by atoms with van der Waals surface area (Å²) in [5, 5.41) is 13.2. The molecule has 0 saturated carbocycles. The second-order valence-electron chi connectivity index (χ2n) is 3.29. The zero-order chi connectivity index (χ0) is 10.8. The van der Waals surface area contributed by atoms with E-state index in [1.807, 2.05) is 31.3 Å². The van der Waals surface area contributed by atoms with Gasteiger partial charge in [0.1, 0.15) is 0 Å². The lowest BCUT2D eigenvalue weighted by molar-refractivity contribution is 0.276. The van der Waals surface area contributed by atoms with Crippen molar-refractivity contribution in [3.8, 4) is 5.69 Å². The second-order valence-corrected chi connectivity index (χ2v) is 4.15. The van der Waals surface area contributed by atoms with E-state index < -0.39 is 0 Å². The van der Waals surface area contributed by atoms with Gasteiger partial charge < -0.3 is 5.11 Å². The van der Waals surface area contributed by atoms with Crippen molar-refractivity contribution in [1.82, 2.24) is 9.78 Å². The summed E-state index contributed by atoms with van der Waals surface area (Å²) >= 11 is 3.48. The van der Waals surface area contributed by atoms with Gasteiger partial charge >= 0.3 is 0 Å². The molecule has 0 spiro atoms. The van der Waals surface area contributed by atoms with Gasteiger partial charge in [0, 0.05) is 10.7 Å². The number of aromatic nitrogens is 2. The first-order chi connectivity index (χ1) is 7.22. The van der Waals surface area contributed by atoms with E-state index in [0.717, 1.165) is 15.7 Å². The summed E-state index contributed by atoms with van der Waals surface area (Å²) in [7, 11) is 0. The van der Waals surface area contributed by atoms with Gasteiger partial charge in [0.2, 0.25) is 0 Å². The average molecular weight is 267 g/mol. The van der Waals surface area contributed by atoms with Crippen LogP contribution < -0.4 is 0 Å². The lowest BCUT2D eigenvalue weighted by Gasteiger charge is -2.06. The molecule has 15 heavy (non-hydrogen) atoms. The highest BCUT2D eigenvalue weighted by molar-refractivity contribution is 9.10. The summed E-state index contributed by atoms with van der Waals surface area (Å²) in [6.07, 6.45) is 1.85. The first kappa shape index (κ1) is 10.4. The molecule has 78 valence electrons. The normalized spacial score (nSPS) is 10.6. The Bertz CT molecular complexity index is 479. The Morgan fingerprint density at radius 2 is 2.20 bits per heavy atom. The first-order valence-corrected chi connectivity index (χ1v) is 5.42. The molecule has 1 aromatic carbocycles. The van der Waals surface area contributed by atoms with E-state index in [4.69, 9.17) is 5.11 Å². The van der Waals surface area contributed by atoms with Crippen LogP contribution >= 0.6 is 15.9 Å². The van der Waals surface area contributed by atoms with Gasteiger partial charge in [-0.1, -0.05) is 22.0 Å². The van der Waals surface area contributed by atoms with E-state index in [-0.39, 0.29) is 6.61 Å². The summed E-state index contributed by atoms with van der Waals surface area (Å²) in [5.74, 6) is 0. The Hall–Kier alpha value is -1.13. The summed E-state index contributed by atoms with van der Waals surface area (Å²) in [5.41, 5.74) is 2.82. The van der Waals surface area contributed by atoms with E-state index in [1.165, 1.54) is 0 Å². The maximum absolute atomic E-state index is 8.94. The maximum Gasteiger partial charge on any atom is 0.0883 e. The highest BCUT2D eigenvalue weighted by Gasteiger charge is 2.05. The van der Waals surface area contributed by atoms with Crippen molar-refractivity contribution >= 4 is 15.9 Å². The van der Waals surface area contributed by atoms with Crippen LogP contribution in [0.25, 0.3) is 5.69 Å². The number of halogens is 1. The second kappa shape index (κ2) is 4.16. The predicted octanol–water partition coefficient (Wildman–Crippen LogP) is 2.44. The molecule has 2 aromatic rings. The molecule has 1 heterocycles. The molecule has 0 aliphatic heterocycles. The van der Waals surface area contributed by atoms with Crippen LogP contribution in [0.15, 0.2) is 34.9 Å². The minimum atomic E-state index is -0.0277. The number of rotatable bonds is 2. The molecule has 3 nitrogen and oxygen atoms in total. The monoisotopic (exact) mass is 266 g/mol. The molecule has 0 aliphatic carbocycles. The molecule has 0 amide bonds. The number of aliphatic hydroxyl groups is 1. The van der Waals surface area contributed by atoms with Gasteiger partial charge in [0.25, 0.3) is 0 Å². The van der Waals surface area contributed by atoms with Crippen LogP contribution in [-0.2, 0) is 6.61 Å². The standard InChI is InChI=1S/C11H11BrN2O/c1-8-10(12)3-2-4-11(8)14-6-5-9(7-15)13-14/h2-6,15H,7H2,1H3. The Labute approximate surface area is 96.5 Å². The lowest BCUT2D eigenvalue weighted by atomic mass is 10.2. The highest BCUT2D eigenvalue weighted by atomic mass is 79.9. The van der Waals surface area contributed by atoms with Crippen LogP contribution in [0, 0.1) is 6.92 Å². The molecule has 1 aromatic heterocycles. The topological polar surface area (TPSA) is 38.0 Å². The third-order valence-electron chi connectivity index (χ3n) is 2.29. The molecule has 0 aliphatic rings. The van der Waals surface area contributed by atoms with Crippen LogP contribution in [-0.4, -0.2) is 14.9 Å². The number of hydrogen-bond acceptors (Lipinski definition) is 2. The summed E-state index contributed by atoms with van der Waals surface area (Å²) in [4.78, 5) is 0. The molecule has 2 rings (SSSR count). The maximum atomic E-state index is 8.94. The largest absolute Gasteiger partial charge is 0.390 e. The van der Waals surface area contributed by atoms with Gasteiger partial charge in [-0.25, -0.2) is 4.68 Å². The molecule has 0 saturated heterocycles. The van der Waals surface area contributed by atoms with Crippen molar-refractivity contribution in [2.24, 2.45) is 0 Å². The Morgan fingerprint density at radius 3 is 2.87 bits per heavy atom. The minimum absolute atomic E-state index is 0.0277. The fraction of sp³-hybridized carbons (Fsp3) is 0.182. The lowest BCUT2D eigenvalue weighted by Crippen LogP contribution is -1.99. The fourth-order valence-corrected chi connectivity index (χ4v) is 1.78. The zero-order valence-corrected chi connectivity index (χ0v) is 9.90. The van der Waals surface area contributed by atoms with Crippen molar-refractivity contribution < 1.29 is 5.11 Å². The fourth-order valence-electron chi connectivity index (χ4n) is 1.42. The summed E-state index contributed by atoms with van der Waals surface area (Å²) in [6.45, 7) is 2.00. The van der Waals surface area contributed by atoms with Crippen molar-refractivity contribution in [1.29, 1.82) is 0 Å². The van der Waals surface area contributed by atoms with Gasteiger partial charge in [-0.2, -0.15) is 5.10 Å². The molecular weight excluding hydrogens is 256 g/mol. The Balaban J connectivity index is 2.49. The third-order valence-corrected chi connectivity index (χ3v) is 3.15. The number of hydrogen-bond donors (Lipinski definition) is 1. The van der Waals surface area contributed by atoms with Gasteiger partial charge in [0.15, 0.2) is 0 Å². The summed E-state index contributed by atoms with van der Waals surface area (Å²) < 4.78 is 2.83. The smallest absolute Gasteiger partial charge is 0.0883 e. The van der Waals surface area contributed by atoms with Crippen LogP contribution in [0.1, 0.15) is 11.3 Å². The molecule has 0 unspecified atom stereocenters. The van der Waals surface area contributed by atoms with E-state index in [2.05, 4.69) is 21.0 Å². The van der Waals surface area contributed by atoms with Gasteiger partial charge in [-0.05, 0) is 30.7 Å². The van der Waals surface area contributed by atoms with E-state index >= 15 is 0 Å². The van der Waals surface area contributed by atoms with E-state index in [9.17, 15) is 0 Å². The van der Waals surface area contributed by atoms with Crippen molar-refractivity contribution in [3.05, 3.63) is 46.2 Å². The van der Waals surface area contributed by atoms with Crippen molar-refractivity contribution in [2.75, 3.05) is 0 Å². The van der Waals surface area contributed by atoms with Gasteiger partial charge in [-0.3, -0.25) is 0 Å². The highest BCUT2D eigenvalue weighted by Crippen LogP contribution is 2.22. The first-order valence-electron chi connectivity index (χ1n) is 4.63. The van der Waals surface area contributed by atoms with E-state index in [1.54, 1.807) is 10.7 Å². The van der Waals surface area contributed by atoms with Crippen LogP contribution in [0.5, 0.6) is 0 Å². The number of nitrogens with zero attached hydrogens (tertiary/aromatic N) is 2. The average Bonchev–Trinajstić information content (AvgIpc) is 2.70.